The number of para-hydroxylation sites is 1. The first-order valence-corrected chi connectivity index (χ1v) is 11.4. The van der Waals surface area contributed by atoms with E-state index in [1.165, 1.54) is 5.56 Å². The van der Waals surface area contributed by atoms with Crippen molar-refractivity contribution < 1.29 is 14.3 Å². The highest BCUT2D eigenvalue weighted by Gasteiger charge is 2.62. The van der Waals surface area contributed by atoms with Crippen LogP contribution in [0.15, 0.2) is 54.6 Å². The molecule has 2 unspecified atom stereocenters. The minimum Gasteiger partial charge on any atom is -0.496 e. The van der Waals surface area contributed by atoms with E-state index in [0.29, 0.717) is 18.9 Å². The molecule has 31 heavy (non-hydrogen) atoms. The fourth-order valence-corrected chi connectivity index (χ4v) is 5.42. The second-order valence-electron chi connectivity index (χ2n) is 10.2. The zero-order valence-corrected chi connectivity index (χ0v) is 20.6. The van der Waals surface area contributed by atoms with Gasteiger partial charge in [-0.2, -0.15) is 0 Å². The van der Waals surface area contributed by atoms with E-state index >= 15 is 0 Å². The molecule has 2 atom stereocenters. The molecule has 0 radical (unpaired) electrons. The Hall–Kier alpha value is -2.29. The maximum absolute atomic E-state index is 14.0. The summed E-state index contributed by atoms with van der Waals surface area (Å²) in [6.45, 7) is 15.4. The molecule has 2 aromatic carbocycles. The zero-order chi connectivity index (χ0) is 23.3. The smallest absolute Gasteiger partial charge is 0.313 e. The van der Waals surface area contributed by atoms with Gasteiger partial charge in [-0.25, -0.2) is 0 Å². The van der Waals surface area contributed by atoms with Crippen LogP contribution in [-0.2, 0) is 21.4 Å². The molecule has 0 fully saturated rings. The third-order valence-electron chi connectivity index (χ3n) is 6.66. The summed E-state index contributed by atoms with van der Waals surface area (Å²) in [5, 5.41) is 0. The van der Waals surface area contributed by atoms with Gasteiger partial charge in [0.25, 0.3) is 0 Å². The minimum atomic E-state index is -0.769. The average Bonchev–Trinajstić information content (AvgIpc) is 2.71. The lowest BCUT2D eigenvalue weighted by atomic mass is 9.47. The number of ether oxygens (including phenoxy) is 2. The van der Waals surface area contributed by atoms with Crippen LogP contribution in [-0.4, -0.2) is 19.7 Å². The van der Waals surface area contributed by atoms with Gasteiger partial charge in [-0.3, -0.25) is 4.79 Å². The highest BCUT2D eigenvalue weighted by Crippen LogP contribution is 2.59. The number of carbonyl (C=O) groups excluding carboxylic acids is 1. The second kappa shape index (κ2) is 9.89. The van der Waals surface area contributed by atoms with Gasteiger partial charge in [0, 0.05) is 11.0 Å². The number of benzene rings is 2. The van der Waals surface area contributed by atoms with Crippen molar-refractivity contribution in [3.63, 3.8) is 0 Å². The lowest BCUT2D eigenvalue weighted by molar-refractivity contribution is -0.174. The molecule has 0 aliphatic carbocycles. The van der Waals surface area contributed by atoms with Crippen molar-refractivity contribution in [3.05, 3.63) is 65.7 Å². The topological polar surface area (TPSA) is 35.5 Å². The molecule has 0 saturated carbocycles. The molecule has 0 aliphatic heterocycles. The van der Waals surface area contributed by atoms with E-state index in [1.807, 2.05) is 31.2 Å². The Kier molecular flexibility index (Phi) is 7.97. The van der Waals surface area contributed by atoms with Crippen LogP contribution in [0.3, 0.4) is 0 Å². The summed E-state index contributed by atoms with van der Waals surface area (Å²) < 4.78 is 11.7. The van der Waals surface area contributed by atoms with Crippen molar-refractivity contribution in [2.24, 2.45) is 16.7 Å². The van der Waals surface area contributed by atoms with Crippen LogP contribution >= 0.6 is 0 Å². The summed E-state index contributed by atoms with van der Waals surface area (Å²) in [5.74, 6) is 0.997. The van der Waals surface area contributed by atoms with Crippen LogP contribution in [0.1, 0.15) is 66.0 Å². The average molecular weight is 425 g/mol. The van der Waals surface area contributed by atoms with Gasteiger partial charge in [-0.15, -0.1) is 0 Å². The van der Waals surface area contributed by atoms with Gasteiger partial charge >= 0.3 is 5.97 Å². The Bertz CT molecular complexity index is 850. The highest BCUT2D eigenvalue weighted by molar-refractivity contribution is 5.81. The van der Waals surface area contributed by atoms with Crippen molar-refractivity contribution >= 4 is 5.97 Å². The van der Waals surface area contributed by atoms with E-state index in [0.717, 1.165) is 17.7 Å². The lowest BCUT2D eigenvalue weighted by Gasteiger charge is -2.55. The first kappa shape index (κ1) is 25.0. The third-order valence-corrected chi connectivity index (χ3v) is 6.66. The normalized spacial score (nSPS) is 15.8. The summed E-state index contributed by atoms with van der Waals surface area (Å²) in [7, 11) is 1.70. The third kappa shape index (κ3) is 4.81. The molecule has 0 saturated heterocycles. The molecule has 0 bridgehead atoms. The summed E-state index contributed by atoms with van der Waals surface area (Å²) in [5.41, 5.74) is 0.556. The number of carbonyl (C=O) groups is 1. The van der Waals surface area contributed by atoms with E-state index in [1.54, 1.807) is 7.11 Å². The van der Waals surface area contributed by atoms with Gasteiger partial charge in [0.1, 0.15) is 5.75 Å². The molecule has 0 aromatic heterocycles. The zero-order valence-electron chi connectivity index (χ0n) is 20.6. The van der Waals surface area contributed by atoms with Gasteiger partial charge in [-0.1, -0.05) is 90.1 Å². The number of hydrogen-bond acceptors (Lipinski definition) is 3. The van der Waals surface area contributed by atoms with E-state index in [2.05, 4.69) is 71.9 Å². The van der Waals surface area contributed by atoms with Crippen molar-refractivity contribution in [1.29, 1.82) is 0 Å². The van der Waals surface area contributed by atoms with Gasteiger partial charge < -0.3 is 9.47 Å². The van der Waals surface area contributed by atoms with Crippen LogP contribution < -0.4 is 4.74 Å². The summed E-state index contributed by atoms with van der Waals surface area (Å²) in [4.78, 5) is 14.0. The molecule has 3 nitrogen and oxygen atoms in total. The fourth-order valence-electron chi connectivity index (χ4n) is 5.42. The molecule has 0 spiro atoms. The van der Waals surface area contributed by atoms with E-state index < -0.39 is 10.8 Å². The van der Waals surface area contributed by atoms with E-state index in [4.69, 9.17) is 9.47 Å². The standard InChI is InChI=1S/C28H40O3/c1-9-31-25(29)28(19-21(2)3,26(4,5)6)27(7,20-22-15-11-10-12-16-22)23-17-13-14-18-24(23)30-8/h10-18,21H,9,19-20H2,1-8H3. The molecule has 0 aliphatic rings. The SMILES string of the molecule is CCOC(=O)C(CC(C)C)(C(C)(C)C)C(C)(Cc1ccccc1)c1ccccc1OC. The van der Waals surface area contributed by atoms with Gasteiger partial charge in [0.2, 0.25) is 0 Å². The van der Waals surface area contributed by atoms with Crippen molar-refractivity contribution in [2.75, 3.05) is 13.7 Å². The molecule has 170 valence electrons. The molecule has 0 heterocycles. The van der Waals surface area contributed by atoms with Crippen LogP contribution in [0.4, 0.5) is 0 Å². The number of esters is 1. The molecule has 3 heteroatoms. The minimum absolute atomic E-state index is 0.125. The van der Waals surface area contributed by atoms with Crippen molar-refractivity contribution in [2.45, 2.75) is 66.7 Å². The first-order valence-electron chi connectivity index (χ1n) is 11.4. The summed E-state index contributed by atoms with van der Waals surface area (Å²) in [6.07, 6.45) is 1.42. The number of hydrogen-bond donors (Lipinski definition) is 0. The van der Waals surface area contributed by atoms with Gasteiger partial charge in [0.15, 0.2) is 0 Å². The highest BCUT2D eigenvalue weighted by atomic mass is 16.5. The van der Waals surface area contributed by atoms with Crippen molar-refractivity contribution in [1.82, 2.24) is 0 Å². The van der Waals surface area contributed by atoms with Crippen LogP contribution in [0.2, 0.25) is 0 Å². The lowest BCUT2D eigenvalue weighted by Crippen LogP contribution is -2.59. The maximum Gasteiger partial charge on any atom is 0.313 e. The predicted octanol–water partition coefficient (Wildman–Crippen LogP) is 6.84. The number of rotatable bonds is 9. The van der Waals surface area contributed by atoms with Gasteiger partial charge in [0.05, 0.1) is 19.1 Å². The Balaban J connectivity index is 2.93. The Morgan fingerprint density at radius 1 is 0.935 bits per heavy atom. The number of methoxy groups -OCH3 is 1. The summed E-state index contributed by atoms with van der Waals surface area (Å²) in [6, 6.07) is 18.6. The Morgan fingerprint density at radius 3 is 2.03 bits per heavy atom. The molecular formula is C28H40O3. The molecular weight excluding hydrogens is 384 g/mol. The quantitative estimate of drug-likeness (QED) is 0.414. The van der Waals surface area contributed by atoms with Crippen molar-refractivity contribution in [3.8, 4) is 5.75 Å². The van der Waals surface area contributed by atoms with E-state index in [-0.39, 0.29) is 11.4 Å². The monoisotopic (exact) mass is 424 g/mol. The first-order chi connectivity index (χ1) is 14.5. The molecule has 2 rings (SSSR count). The molecule has 2 aromatic rings. The molecule has 0 N–H and O–H groups in total. The van der Waals surface area contributed by atoms with Gasteiger partial charge in [-0.05, 0) is 42.7 Å². The largest absolute Gasteiger partial charge is 0.496 e. The Labute approximate surface area is 189 Å². The van der Waals surface area contributed by atoms with Crippen LogP contribution in [0, 0.1) is 16.7 Å². The van der Waals surface area contributed by atoms with E-state index in [9.17, 15) is 4.79 Å². The second-order valence-corrected chi connectivity index (χ2v) is 10.2. The summed E-state index contributed by atoms with van der Waals surface area (Å²) >= 11 is 0. The maximum atomic E-state index is 14.0. The molecule has 0 amide bonds. The predicted molar refractivity (Wildman–Crippen MR) is 128 cm³/mol. The fraction of sp³-hybridized carbons (Fsp3) is 0.536. The van der Waals surface area contributed by atoms with Crippen LogP contribution in [0.25, 0.3) is 0 Å². The Morgan fingerprint density at radius 2 is 1.52 bits per heavy atom. The van der Waals surface area contributed by atoms with Crippen LogP contribution in [0.5, 0.6) is 5.75 Å².